The Kier molecular flexibility index (Phi) is 2.69. The Hall–Kier alpha value is -1.34. The van der Waals surface area contributed by atoms with E-state index in [1.165, 1.54) is 0 Å². The Bertz CT molecular complexity index is 345. The number of hydrogen-bond donors (Lipinski definition) is 2. The van der Waals surface area contributed by atoms with Crippen molar-refractivity contribution in [2.24, 2.45) is 0 Å². The van der Waals surface area contributed by atoms with Gasteiger partial charge in [-0.1, -0.05) is 0 Å². The number of aromatic nitrogens is 1. The molecular weight excluding hydrogens is 183 g/mol. The van der Waals surface area contributed by atoms with Crippen molar-refractivity contribution in [2.75, 3.05) is 0 Å². The van der Waals surface area contributed by atoms with Crippen LogP contribution < -0.4 is 5.46 Å². The lowest BCUT2D eigenvalue weighted by Crippen LogP contribution is -2.31. The van der Waals surface area contributed by atoms with Gasteiger partial charge in [-0.2, -0.15) is 4.39 Å². The van der Waals surface area contributed by atoms with Gasteiger partial charge in [-0.15, -0.1) is 0 Å². The van der Waals surface area contributed by atoms with E-state index in [9.17, 15) is 13.6 Å². The number of nitrogens with zero attached hydrogens (tertiary/aromatic N) is 1. The van der Waals surface area contributed by atoms with Crippen LogP contribution in [0.5, 0.6) is 0 Å². The summed E-state index contributed by atoms with van der Waals surface area (Å²) in [5.41, 5.74) is -1.22. The molecule has 0 unspecified atom stereocenters. The van der Waals surface area contributed by atoms with Gasteiger partial charge in [0.05, 0.1) is 0 Å². The molecule has 0 aromatic carbocycles. The molecule has 0 aliphatic heterocycles. The second-order valence-corrected chi connectivity index (χ2v) is 2.25. The molecule has 1 rings (SSSR count). The maximum Gasteiger partial charge on any atom is 0.490 e. The molecule has 0 bridgehead atoms. The van der Waals surface area contributed by atoms with E-state index in [1.54, 1.807) is 0 Å². The van der Waals surface area contributed by atoms with Crippen LogP contribution in [0.3, 0.4) is 0 Å². The molecule has 0 aliphatic carbocycles. The molecule has 0 saturated carbocycles. The highest BCUT2D eigenvalue weighted by atomic mass is 19.1. The van der Waals surface area contributed by atoms with Gasteiger partial charge in [-0.3, -0.25) is 4.79 Å². The van der Waals surface area contributed by atoms with Crippen LogP contribution in [0, 0.1) is 5.82 Å². The van der Waals surface area contributed by atoms with Crippen LogP contribution in [-0.2, 0) is 0 Å². The third-order valence-electron chi connectivity index (χ3n) is 1.35. The molecule has 1 aromatic rings. The predicted molar refractivity (Wildman–Crippen MR) is 39.5 cm³/mol. The van der Waals surface area contributed by atoms with Gasteiger partial charge in [0.15, 0.2) is 11.5 Å². The predicted octanol–water partition coefficient (Wildman–Crippen LogP) is -0.990. The smallest absolute Gasteiger partial charge is 0.423 e. The van der Waals surface area contributed by atoms with Crippen molar-refractivity contribution in [1.82, 2.24) is 4.98 Å². The average molecular weight is 187 g/mol. The lowest BCUT2D eigenvalue weighted by Gasteiger charge is -1.99. The third-order valence-corrected chi connectivity index (χ3v) is 1.35. The van der Waals surface area contributed by atoms with E-state index in [1.807, 2.05) is 0 Å². The second-order valence-electron chi connectivity index (χ2n) is 2.25. The van der Waals surface area contributed by atoms with Crippen molar-refractivity contribution in [1.29, 1.82) is 0 Å². The maximum atomic E-state index is 12.7. The van der Waals surface area contributed by atoms with Gasteiger partial charge in [-0.05, 0) is 6.07 Å². The summed E-state index contributed by atoms with van der Waals surface area (Å²) in [5, 5.41) is 17.1. The van der Waals surface area contributed by atoms with E-state index in [2.05, 4.69) is 4.98 Å². The topological polar surface area (TPSA) is 70.4 Å². The minimum absolute atomic E-state index is 0.248. The molecule has 1 aromatic heterocycles. The normalized spacial score (nSPS) is 9.85. The first-order valence-corrected chi connectivity index (χ1v) is 3.23. The van der Waals surface area contributed by atoms with Crippen LogP contribution in [0.2, 0.25) is 0 Å². The first kappa shape index (κ1) is 9.75. The van der Waals surface area contributed by atoms with Crippen LogP contribution >= 0.6 is 0 Å². The molecule has 4 nitrogen and oxygen atoms in total. The van der Waals surface area contributed by atoms with Crippen molar-refractivity contribution in [2.45, 2.75) is 0 Å². The minimum Gasteiger partial charge on any atom is -0.423 e. The van der Waals surface area contributed by atoms with E-state index in [0.717, 1.165) is 6.20 Å². The Morgan fingerprint density at radius 3 is 2.54 bits per heavy atom. The van der Waals surface area contributed by atoms with Crippen LogP contribution in [0.15, 0.2) is 12.3 Å². The van der Waals surface area contributed by atoms with Gasteiger partial charge in [0.25, 0.3) is 0 Å². The molecule has 0 saturated heterocycles. The summed E-state index contributed by atoms with van der Waals surface area (Å²) >= 11 is 0. The second kappa shape index (κ2) is 3.59. The quantitative estimate of drug-likeness (QED) is 0.460. The molecule has 0 radical (unpaired) electrons. The highest BCUT2D eigenvalue weighted by Crippen LogP contribution is 2.02. The number of hydrogen-bond acceptors (Lipinski definition) is 4. The van der Waals surface area contributed by atoms with Crippen LogP contribution in [-0.4, -0.2) is 28.2 Å². The summed E-state index contributed by atoms with van der Waals surface area (Å²) in [6, 6.07) is -1.37. The third kappa shape index (κ3) is 2.07. The first-order valence-electron chi connectivity index (χ1n) is 3.23. The Balaban J connectivity index is 3.13. The van der Waals surface area contributed by atoms with E-state index in [4.69, 9.17) is 10.0 Å². The maximum absolute atomic E-state index is 12.7. The molecule has 68 valence electrons. The van der Waals surface area contributed by atoms with Crippen LogP contribution in [0.25, 0.3) is 0 Å². The highest BCUT2D eigenvalue weighted by Gasteiger charge is 2.17. The van der Waals surface area contributed by atoms with E-state index in [0.29, 0.717) is 6.07 Å². The van der Waals surface area contributed by atoms with E-state index >= 15 is 0 Å². The van der Waals surface area contributed by atoms with Gasteiger partial charge >= 0.3 is 13.2 Å². The van der Waals surface area contributed by atoms with E-state index < -0.39 is 24.7 Å². The summed E-state index contributed by atoms with van der Waals surface area (Å²) in [6.07, 6.45) is 0.806. The number of halogens is 2. The number of carbonyl (C=O) groups excluding carboxylic acids is 1. The lowest BCUT2D eigenvalue weighted by atomic mass is 9.81. The molecule has 0 spiro atoms. The summed E-state index contributed by atoms with van der Waals surface area (Å²) < 4.78 is 24.7. The Labute approximate surface area is 72.0 Å². The average Bonchev–Trinajstić information content (AvgIpc) is 2.03. The van der Waals surface area contributed by atoms with Crippen molar-refractivity contribution in [3.05, 3.63) is 23.8 Å². The summed E-state index contributed by atoms with van der Waals surface area (Å²) in [6.45, 7) is 0. The molecular formula is C6H4BF2NO3. The molecule has 0 atom stereocenters. The molecule has 0 amide bonds. The van der Waals surface area contributed by atoms with Crippen LogP contribution in [0.1, 0.15) is 10.5 Å². The van der Waals surface area contributed by atoms with Gasteiger partial charge in [-0.25, -0.2) is 9.37 Å². The number of carbonyl (C=O) groups is 1. The Morgan fingerprint density at radius 2 is 2.15 bits per heavy atom. The van der Waals surface area contributed by atoms with E-state index in [-0.39, 0.29) is 5.46 Å². The minimum atomic E-state index is -2.00. The summed E-state index contributed by atoms with van der Waals surface area (Å²) in [7, 11) is -1.90. The molecule has 7 heteroatoms. The zero-order valence-corrected chi connectivity index (χ0v) is 6.24. The molecule has 0 fully saturated rings. The van der Waals surface area contributed by atoms with Crippen molar-refractivity contribution in [3.8, 4) is 0 Å². The van der Waals surface area contributed by atoms with Gasteiger partial charge in [0.1, 0.15) is 0 Å². The van der Waals surface area contributed by atoms with Crippen molar-refractivity contribution < 1.29 is 23.6 Å². The zero-order chi connectivity index (χ0) is 10.0. The standard InChI is InChI=1S/C6H4BF2NO3/c8-4-1-3(7(12)13)2-10-5(4)6(9)11/h1-2,12-13H. The Morgan fingerprint density at radius 1 is 1.54 bits per heavy atom. The molecule has 2 N–H and O–H groups in total. The monoisotopic (exact) mass is 187 g/mol. The largest absolute Gasteiger partial charge is 0.490 e. The fourth-order valence-electron chi connectivity index (χ4n) is 0.739. The first-order chi connectivity index (χ1) is 6.02. The number of rotatable bonds is 2. The van der Waals surface area contributed by atoms with Gasteiger partial charge in [0.2, 0.25) is 0 Å². The lowest BCUT2D eigenvalue weighted by molar-refractivity contribution is 0.0825. The SMILES string of the molecule is O=C(F)c1ncc(B(O)O)cc1F. The highest BCUT2D eigenvalue weighted by molar-refractivity contribution is 6.58. The molecule has 0 aliphatic rings. The van der Waals surface area contributed by atoms with Crippen molar-refractivity contribution in [3.63, 3.8) is 0 Å². The molecule has 13 heavy (non-hydrogen) atoms. The number of pyridine rings is 1. The zero-order valence-electron chi connectivity index (χ0n) is 6.24. The van der Waals surface area contributed by atoms with Crippen LogP contribution in [0.4, 0.5) is 8.78 Å². The van der Waals surface area contributed by atoms with Gasteiger partial charge in [0, 0.05) is 11.7 Å². The fourth-order valence-corrected chi connectivity index (χ4v) is 0.739. The molecule has 1 heterocycles. The summed E-state index contributed by atoms with van der Waals surface area (Å²) in [5.74, 6) is -1.22. The fraction of sp³-hybridized carbons (Fsp3) is 0. The van der Waals surface area contributed by atoms with Gasteiger partial charge < -0.3 is 10.0 Å². The summed E-state index contributed by atoms with van der Waals surface area (Å²) in [4.78, 5) is 13.1. The van der Waals surface area contributed by atoms with Crippen molar-refractivity contribution >= 4 is 18.6 Å².